The van der Waals surface area contributed by atoms with Gasteiger partial charge < -0.3 is 9.84 Å². The van der Waals surface area contributed by atoms with Gasteiger partial charge in [0.25, 0.3) is 0 Å². The van der Waals surface area contributed by atoms with Gasteiger partial charge in [0.1, 0.15) is 12.4 Å². The first-order valence-electron chi connectivity index (χ1n) is 7.39. The standard InChI is InChI=1S/C19H20O3/c20-19(21)10-6-2-3-7-16-11-13-18(14-12-16)22-15-17-8-4-1-5-9-17/h1,3-5,7-9,11-14H,2,6,10,15H2,(H,20,21)/b7-3+. The number of ether oxygens (including phenoxy) is 1. The minimum absolute atomic E-state index is 0.219. The Morgan fingerprint density at radius 2 is 1.77 bits per heavy atom. The Bertz CT molecular complexity index is 600. The van der Waals surface area contributed by atoms with E-state index in [1.54, 1.807) is 0 Å². The molecular weight excluding hydrogens is 276 g/mol. The molecule has 3 heteroatoms. The van der Waals surface area contributed by atoms with E-state index in [1.807, 2.05) is 66.7 Å². The van der Waals surface area contributed by atoms with Gasteiger partial charge in [-0.1, -0.05) is 54.6 Å². The third kappa shape index (κ3) is 5.83. The molecule has 0 atom stereocenters. The third-order valence-corrected chi connectivity index (χ3v) is 3.20. The molecule has 0 radical (unpaired) electrons. The van der Waals surface area contributed by atoms with Crippen molar-refractivity contribution in [3.63, 3.8) is 0 Å². The maximum Gasteiger partial charge on any atom is 0.303 e. The van der Waals surface area contributed by atoms with Crippen LogP contribution < -0.4 is 4.74 Å². The summed E-state index contributed by atoms with van der Waals surface area (Å²) in [5, 5.41) is 8.56. The van der Waals surface area contributed by atoms with Crippen LogP contribution >= 0.6 is 0 Å². The zero-order chi connectivity index (χ0) is 15.6. The molecule has 0 spiro atoms. The molecule has 0 saturated carbocycles. The maximum absolute atomic E-state index is 10.4. The second-order valence-electron chi connectivity index (χ2n) is 5.03. The maximum atomic E-state index is 10.4. The van der Waals surface area contributed by atoms with Crippen molar-refractivity contribution in [1.29, 1.82) is 0 Å². The lowest BCUT2D eigenvalue weighted by Crippen LogP contribution is -1.94. The summed E-state index contributed by atoms with van der Waals surface area (Å²) in [5.41, 5.74) is 2.23. The van der Waals surface area contributed by atoms with Gasteiger partial charge in [-0.05, 0) is 36.1 Å². The molecule has 0 fully saturated rings. The van der Waals surface area contributed by atoms with Crippen LogP contribution in [0.3, 0.4) is 0 Å². The topological polar surface area (TPSA) is 46.5 Å². The van der Waals surface area contributed by atoms with Crippen LogP contribution in [0.15, 0.2) is 60.7 Å². The summed E-state index contributed by atoms with van der Waals surface area (Å²) in [7, 11) is 0. The van der Waals surface area contributed by atoms with Crippen molar-refractivity contribution in [2.45, 2.75) is 25.9 Å². The summed E-state index contributed by atoms with van der Waals surface area (Å²) >= 11 is 0. The van der Waals surface area contributed by atoms with E-state index in [0.717, 1.165) is 23.3 Å². The monoisotopic (exact) mass is 296 g/mol. The molecule has 0 amide bonds. The summed E-state index contributed by atoms with van der Waals surface area (Å²) in [5.74, 6) is 0.0974. The van der Waals surface area contributed by atoms with Crippen LogP contribution in [0.4, 0.5) is 0 Å². The second-order valence-corrected chi connectivity index (χ2v) is 5.03. The average Bonchev–Trinajstić information content (AvgIpc) is 2.54. The smallest absolute Gasteiger partial charge is 0.303 e. The normalized spacial score (nSPS) is 10.7. The fourth-order valence-electron chi connectivity index (χ4n) is 2.01. The van der Waals surface area contributed by atoms with Crippen LogP contribution in [0.25, 0.3) is 6.08 Å². The Morgan fingerprint density at radius 3 is 2.45 bits per heavy atom. The van der Waals surface area contributed by atoms with Crippen LogP contribution in [0, 0.1) is 0 Å². The Kier molecular flexibility index (Phi) is 6.24. The highest BCUT2D eigenvalue weighted by atomic mass is 16.5. The highest BCUT2D eigenvalue weighted by Gasteiger charge is 1.96. The number of carboxylic acids is 1. The zero-order valence-electron chi connectivity index (χ0n) is 12.4. The number of allylic oxidation sites excluding steroid dienone is 1. The van der Waals surface area contributed by atoms with Crippen molar-refractivity contribution in [2.75, 3.05) is 0 Å². The molecule has 1 N–H and O–H groups in total. The molecule has 22 heavy (non-hydrogen) atoms. The van der Waals surface area contributed by atoms with Gasteiger partial charge in [0, 0.05) is 6.42 Å². The molecule has 0 aliphatic rings. The second kappa shape index (κ2) is 8.67. The van der Waals surface area contributed by atoms with E-state index in [2.05, 4.69) is 0 Å². The van der Waals surface area contributed by atoms with Gasteiger partial charge in [-0.3, -0.25) is 4.79 Å². The van der Waals surface area contributed by atoms with E-state index in [4.69, 9.17) is 9.84 Å². The summed E-state index contributed by atoms with van der Waals surface area (Å²) in [6.07, 6.45) is 5.67. The SMILES string of the molecule is O=C(O)CCC/C=C/c1ccc(OCc2ccccc2)cc1. The molecule has 0 unspecified atom stereocenters. The van der Waals surface area contributed by atoms with E-state index in [0.29, 0.717) is 13.0 Å². The fraction of sp³-hybridized carbons (Fsp3) is 0.211. The number of aliphatic carboxylic acids is 1. The third-order valence-electron chi connectivity index (χ3n) is 3.20. The highest BCUT2D eigenvalue weighted by Crippen LogP contribution is 2.15. The van der Waals surface area contributed by atoms with Crippen LogP contribution in [-0.2, 0) is 11.4 Å². The van der Waals surface area contributed by atoms with E-state index in [9.17, 15) is 4.79 Å². The number of benzene rings is 2. The van der Waals surface area contributed by atoms with E-state index < -0.39 is 5.97 Å². The number of carbonyl (C=O) groups is 1. The molecule has 2 aromatic rings. The minimum atomic E-state index is -0.742. The van der Waals surface area contributed by atoms with Crippen LogP contribution in [0.2, 0.25) is 0 Å². The van der Waals surface area contributed by atoms with Crippen molar-refractivity contribution >= 4 is 12.0 Å². The molecule has 0 bridgehead atoms. The molecule has 114 valence electrons. The molecule has 0 saturated heterocycles. The molecule has 2 rings (SSSR count). The van der Waals surface area contributed by atoms with Crippen molar-refractivity contribution in [3.05, 3.63) is 71.8 Å². The van der Waals surface area contributed by atoms with Crippen molar-refractivity contribution in [2.24, 2.45) is 0 Å². The number of carboxylic acid groups (broad SMARTS) is 1. The summed E-state index contributed by atoms with van der Waals surface area (Å²) in [4.78, 5) is 10.4. The fourth-order valence-corrected chi connectivity index (χ4v) is 2.01. The van der Waals surface area contributed by atoms with Crippen LogP contribution in [0.5, 0.6) is 5.75 Å². The quantitative estimate of drug-likeness (QED) is 0.728. The van der Waals surface area contributed by atoms with Crippen molar-refractivity contribution in [1.82, 2.24) is 0 Å². The molecule has 0 aliphatic heterocycles. The Labute approximate surface area is 130 Å². The Hall–Kier alpha value is -2.55. The highest BCUT2D eigenvalue weighted by molar-refractivity contribution is 5.66. The molecule has 0 aliphatic carbocycles. The van der Waals surface area contributed by atoms with Crippen LogP contribution in [0.1, 0.15) is 30.4 Å². The van der Waals surface area contributed by atoms with E-state index in [1.165, 1.54) is 0 Å². The van der Waals surface area contributed by atoms with Gasteiger partial charge in [0.05, 0.1) is 0 Å². The van der Waals surface area contributed by atoms with Crippen molar-refractivity contribution < 1.29 is 14.6 Å². The zero-order valence-corrected chi connectivity index (χ0v) is 12.4. The lowest BCUT2D eigenvalue weighted by molar-refractivity contribution is -0.137. The first kappa shape index (κ1) is 15.8. The van der Waals surface area contributed by atoms with Gasteiger partial charge >= 0.3 is 5.97 Å². The summed E-state index contributed by atoms with van der Waals surface area (Å²) < 4.78 is 5.73. The number of hydrogen-bond donors (Lipinski definition) is 1. The lowest BCUT2D eigenvalue weighted by atomic mass is 10.1. The van der Waals surface area contributed by atoms with E-state index in [-0.39, 0.29) is 6.42 Å². The van der Waals surface area contributed by atoms with Gasteiger partial charge in [-0.2, -0.15) is 0 Å². The predicted octanol–water partition coefficient (Wildman–Crippen LogP) is 4.53. The Morgan fingerprint density at radius 1 is 1.05 bits per heavy atom. The summed E-state index contributed by atoms with van der Waals surface area (Å²) in [6, 6.07) is 17.9. The van der Waals surface area contributed by atoms with Crippen molar-refractivity contribution in [3.8, 4) is 5.75 Å². The van der Waals surface area contributed by atoms with Gasteiger partial charge in [0.2, 0.25) is 0 Å². The van der Waals surface area contributed by atoms with E-state index >= 15 is 0 Å². The Balaban J connectivity index is 1.77. The van der Waals surface area contributed by atoms with Gasteiger partial charge in [0.15, 0.2) is 0 Å². The van der Waals surface area contributed by atoms with Gasteiger partial charge in [-0.25, -0.2) is 0 Å². The minimum Gasteiger partial charge on any atom is -0.489 e. The average molecular weight is 296 g/mol. The molecule has 2 aromatic carbocycles. The molecule has 3 nitrogen and oxygen atoms in total. The first-order valence-corrected chi connectivity index (χ1v) is 7.39. The predicted molar refractivity (Wildman–Crippen MR) is 87.7 cm³/mol. The first-order chi connectivity index (χ1) is 10.7. The molecule has 0 aromatic heterocycles. The number of unbranched alkanes of at least 4 members (excludes halogenated alkanes) is 1. The van der Waals surface area contributed by atoms with Gasteiger partial charge in [-0.15, -0.1) is 0 Å². The molecular formula is C19H20O3. The summed E-state index contributed by atoms with van der Waals surface area (Å²) in [6.45, 7) is 0.561. The lowest BCUT2D eigenvalue weighted by Gasteiger charge is -2.06. The molecule has 0 heterocycles. The van der Waals surface area contributed by atoms with Crippen LogP contribution in [-0.4, -0.2) is 11.1 Å². The largest absolute Gasteiger partial charge is 0.489 e. The number of rotatable bonds is 8. The number of hydrogen-bond acceptors (Lipinski definition) is 2.